The predicted molar refractivity (Wildman–Crippen MR) is 123 cm³/mol. The fraction of sp³-hybridized carbons (Fsp3) is 0.269. The Hall–Kier alpha value is -3.47. The Kier molecular flexibility index (Phi) is 4.16. The molecule has 31 heavy (non-hydrogen) atoms. The van der Waals surface area contributed by atoms with Crippen molar-refractivity contribution in [3.63, 3.8) is 0 Å². The summed E-state index contributed by atoms with van der Waals surface area (Å²) in [7, 11) is 0. The normalized spacial score (nSPS) is 15.0. The van der Waals surface area contributed by atoms with Crippen molar-refractivity contribution < 1.29 is 4.79 Å². The van der Waals surface area contributed by atoms with E-state index >= 15 is 0 Å². The number of amides is 1. The van der Waals surface area contributed by atoms with Gasteiger partial charge in [-0.15, -0.1) is 0 Å². The number of nitrogens with zero attached hydrogens (tertiary/aromatic N) is 2. The second kappa shape index (κ2) is 7.05. The Morgan fingerprint density at radius 2 is 1.74 bits per heavy atom. The maximum Gasteiger partial charge on any atom is 0.261 e. The molecule has 0 atom stereocenters. The Bertz CT molecular complexity index is 1410. The number of anilines is 1. The molecule has 0 saturated heterocycles. The summed E-state index contributed by atoms with van der Waals surface area (Å²) in [5.74, 6) is 0.658. The third-order valence-electron chi connectivity index (χ3n) is 6.52. The highest BCUT2D eigenvalue weighted by molar-refractivity contribution is 6.05. The van der Waals surface area contributed by atoms with E-state index in [-0.39, 0.29) is 17.5 Å². The SMILES string of the molecule is O=C(CCc1nc2ccccc2c(=O)n1C1CC1)Nc1ccc2c3c(cccc13)CC2. The van der Waals surface area contributed by atoms with Gasteiger partial charge in [0.15, 0.2) is 0 Å². The molecule has 0 bridgehead atoms. The minimum Gasteiger partial charge on any atom is -0.326 e. The van der Waals surface area contributed by atoms with Gasteiger partial charge in [-0.05, 0) is 60.4 Å². The number of para-hydroxylation sites is 1. The first-order valence-electron chi connectivity index (χ1n) is 11.0. The minimum atomic E-state index is -0.0524. The molecule has 1 heterocycles. The summed E-state index contributed by atoms with van der Waals surface area (Å²) < 4.78 is 1.81. The van der Waals surface area contributed by atoms with Gasteiger partial charge in [0.1, 0.15) is 5.82 Å². The first-order valence-corrected chi connectivity index (χ1v) is 11.0. The molecule has 154 valence electrons. The summed E-state index contributed by atoms with van der Waals surface area (Å²) in [5.41, 5.74) is 4.29. The van der Waals surface area contributed by atoms with Gasteiger partial charge in [0, 0.05) is 30.0 Å². The summed E-state index contributed by atoms with van der Waals surface area (Å²) in [6, 6.07) is 18.1. The Morgan fingerprint density at radius 1 is 0.968 bits per heavy atom. The average molecular weight is 409 g/mol. The highest BCUT2D eigenvalue weighted by Crippen LogP contribution is 2.36. The van der Waals surface area contributed by atoms with Crippen LogP contribution in [0.2, 0.25) is 0 Å². The lowest BCUT2D eigenvalue weighted by Gasteiger charge is -2.14. The van der Waals surface area contributed by atoms with E-state index in [9.17, 15) is 9.59 Å². The van der Waals surface area contributed by atoms with Crippen molar-refractivity contribution >= 4 is 33.3 Å². The number of rotatable bonds is 5. The zero-order chi connectivity index (χ0) is 20.9. The molecule has 0 unspecified atom stereocenters. The quantitative estimate of drug-likeness (QED) is 0.526. The molecule has 1 aromatic heterocycles. The predicted octanol–water partition coefficient (Wildman–Crippen LogP) is 4.55. The van der Waals surface area contributed by atoms with Crippen LogP contribution in [-0.2, 0) is 24.1 Å². The first-order chi connectivity index (χ1) is 15.2. The molecule has 6 rings (SSSR count). The van der Waals surface area contributed by atoms with Crippen LogP contribution in [0.5, 0.6) is 0 Å². The molecule has 2 aliphatic rings. The monoisotopic (exact) mass is 409 g/mol. The first kappa shape index (κ1) is 18.3. The van der Waals surface area contributed by atoms with Crippen LogP contribution in [0.1, 0.15) is 42.3 Å². The summed E-state index contributed by atoms with van der Waals surface area (Å²) in [6.07, 6.45) is 4.87. The van der Waals surface area contributed by atoms with Crippen LogP contribution in [-0.4, -0.2) is 15.5 Å². The van der Waals surface area contributed by atoms with E-state index < -0.39 is 0 Å². The lowest BCUT2D eigenvalue weighted by atomic mass is 10.0. The van der Waals surface area contributed by atoms with Crippen molar-refractivity contribution in [1.82, 2.24) is 9.55 Å². The Morgan fingerprint density at radius 3 is 2.58 bits per heavy atom. The fourth-order valence-corrected chi connectivity index (χ4v) is 4.87. The number of hydrogen-bond donors (Lipinski definition) is 1. The molecule has 0 radical (unpaired) electrons. The zero-order valence-electron chi connectivity index (χ0n) is 17.2. The summed E-state index contributed by atoms with van der Waals surface area (Å²) in [6.45, 7) is 0. The third kappa shape index (κ3) is 3.12. The molecule has 1 fully saturated rings. The summed E-state index contributed by atoms with van der Waals surface area (Å²) in [4.78, 5) is 30.6. The van der Waals surface area contributed by atoms with Crippen LogP contribution in [0.3, 0.4) is 0 Å². The number of benzene rings is 3. The lowest BCUT2D eigenvalue weighted by Crippen LogP contribution is -2.25. The van der Waals surface area contributed by atoms with Gasteiger partial charge < -0.3 is 5.32 Å². The molecule has 4 aromatic rings. The van der Waals surface area contributed by atoms with E-state index in [4.69, 9.17) is 4.98 Å². The van der Waals surface area contributed by atoms with Crippen molar-refractivity contribution in [2.24, 2.45) is 0 Å². The van der Waals surface area contributed by atoms with Crippen LogP contribution >= 0.6 is 0 Å². The molecule has 5 nitrogen and oxygen atoms in total. The van der Waals surface area contributed by atoms with Crippen LogP contribution in [0.25, 0.3) is 21.7 Å². The van der Waals surface area contributed by atoms with Gasteiger partial charge in [-0.25, -0.2) is 4.98 Å². The number of hydrogen-bond acceptors (Lipinski definition) is 3. The number of carbonyl (C=O) groups is 1. The molecular formula is C26H23N3O2. The Labute approximate surface area is 179 Å². The van der Waals surface area contributed by atoms with Crippen LogP contribution in [0.4, 0.5) is 5.69 Å². The average Bonchev–Trinajstić information content (AvgIpc) is 3.54. The Balaban J connectivity index is 1.27. The van der Waals surface area contributed by atoms with E-state index in [1.165, 1.54) is 16.5 Å². The molecule has 3 aromatic carbocycles. The number of nitrogens with one attached hydrogen (secondary N) is 1. The van der Waals surface area contributed by atoms with Crippen molar-refractivity contribution in [3.05, 3.63) is 81.9 Å². The van der Waals surface area contributed by atoms with Gasteiger partial charge in [0.25, 0.3) is 5.56 Å². The maximum atomic E-state index is 13.0. The molecule has 5 heteroatoms. The highest BCUT2D eigenvalue weighted by atomic mass is 16.1. The fourth-order valence-electron chi connectivity index (χ4n) is 4.87. The maximum absolute atomic E-state index is 13.0. The standard InChI is InChI=1S/C26H23N3O2/c30-24(28-22-13-10-17-9-8-16-4-3-6-19(22)25(16)17)15-14-23-27-21-7-2-1-5-20(21)26(31)29(23)18-11-12-18/h1-7,10,13,18H,8-9,11-12,14-15H2,(H,28,30). The van der Waals surface area contributed by atoms with Gasteiger partial charge in [-0.3, -0.25) is 14.2 Å². The topological polar surface area (TPSA) is 64.0 Å². The number of fused-ring (bicyclic) bond motifs is 1. The van der Waals surface area contributed by atoms with Gasteiger partial charge in [0.2, 0.25) is 5.91 Å². The van der Waals surface area contributed by atoms with Crippen LogP contribution in [0, 0.1) is 0 Å². The van der Waals surface area contributed by atoms with Crippen molar-refractivity contribution in [3.8, 4) is 0 Å². The summed E-state index contributed by atoms with van der Waals surface area (Å²) >= 11 is 0. The molecule has 1 amide bonds. The number of aryl methyl sites for hydroxylation is 3. The van der Waals surface area contributed by atoms with Gasteiger partial charge >= 0.3 is 0 Å². The molecule has 0 aliphatic heterocycles. The second-order valence-corrected chi connectivity index (χ2v) is 8.61. The van der Waals surface area contributed by atoms with Gasteiger partial charge in [0.05, 0.1) is 10.9 Å². The van der Waals surface area contributed by atoms with Crippen LogP contribution < -0.4 is 10.9 Å². The lowest BCUT2D eigenvalue weighted by molar-refractivity contribution is -0.116. The van der Waals surface area contributed by atoms with E-state index in [0.717, 1.165) is 36.8 Å². The van der Waals surface area contributed by atoms with E-state index in [0.29, 0.717) is 29.6 Å². The number of carbonyl (C=O) groups excluding carboxylic acids is 1. The smallest absolute Gasteiger partial charge is 0.261 e. The summed E-state index contributed by atoms with van der Waals surface area (Å²) in [5, 5.41) is 6.15. The largest absolute Gasteiger partial charge is 0.326 e. The van der Waals surface area contributed by atoms with Gasteiger partial charge in [-0.2, -0.15) is 0 Å². The second-order valence-electron chi connectivity index (χ2n) is 8.61. The van der Waals surface area contributed by atoms with Crippen molar-refractivity contribution in [2.75, 3.05) is 5.32 Å². The van der Waals surface area contributed by atoms with Crippen LogP contribution in [0.15, 0.2) is 59.4 Å². The number of aromatic nitrogens is 2. The van der Waals surface area contributed by atoms with Gasteiger partial charge in [-0.1, -0.05) is 36.4 Å². The third-order valence-corrected chi connectivity index (χ3v) is 6.52. The highest BCUT2D eigenvalue weighted by Gasteiger charge is 2.28. The molecule has 1 saturated carbocycles. The van der Waals surface area contributed by atoms with Crippen molar-refractivity contribution in [2.45, 2.75) is 44.6 Å². The van der Waals surface area contributed by atoms with E-state index in [2.05, 4.69) is 29.6 Å². The molecule has 0 spiro atoms. The zero-order valence-corrected chi connectivity index (χ0v) is 17.2. The minimum absolute atomic E-state index is 0.0102. The van der Waals surface area contributed by atoms with E-state index in [1.807, 2.05) is 34.9 Å². The molecular weight excluding hydrogens is 386 g/mol. The molecule has 1 N–H and O–H groups in total. The molecule has 2 aliphatic carbocycles. The van der Waals surface area contributed by atoms with E-state index in [1.54, 1.807) is 0 Å². The van der Waals surface area contributed by atoms with Crippen molar-refractivity contribution in [1.29, 1.82) is 0 Å².